The molecule has 0 spiro atoms. The minimum absolute atomic E-state index is 0.0137. The Labute approximate surface area is 264 Å². The highest BCUT2D eigenvalue weighted by Gasteiger charge is 2.30. The molecule has 2 aliphatic rings. The van der Waals surface area contributed by atoms with E-state index in [1.807, 2.05) is 23.9 Å². The number of hydrogen-bond donors (Lipinski definition) is 3. The van der Waals surface area contributed by atoms with Gasteiger partial charge in [0.1, 0.15) is 11.4 Å². The van der Waals surface area contributed by atoms with Crippen molar-refractivity contribution in [1.29, 1.82) is 0 Å². The predicted molar refractivity (Wildman–Crippen MR) is 175 cm³/mol. The number of Topliss-reactive ketones (excluding diaryl/α,β-unsaturated/α-hetero) is 1. The van der Waals surface area contributed by atoms with Crippen molar-refractivity contribution in [2.24, 2.45) is 13.0 Å². The summed E-state index contributed by atoms with van der Waals surface area (Å²) in [5.74, 6) is 0.235. The van der Waals surface area contributed by atoms with Crippen molar-refractivity contribution in [1.82, 2.24) is 19.5 Å². The number of allylic oxidation sites excluding steroid dienone is 1. The molecule has 4 aromatic heterocycles. The summed E-state index contributed by atoms with van der Waals surface area (Å²) in [4.78, 5) is 53.7. The second-order valence-corrected chi connectivity index (χ2v) is 11.2. The maximum atomic E-state index is 13.5. The third-order valence-corrected chi connectivity index (χ3v) is 8.15. The summed E-state index contributed by atoms with van der Waals surface area (Å²) in [6, 6.07) is 13.5. The average molecular weight is 615 g/mol. The molecular formula is C34H30N8O4. The number of nitrogens with zero attached hydrogens (tertiary/aromatic N) is 5. The van der Waals surface area contributed by atoms with Crippen LogP contribution in [0.2, 0.25) is 0 Å². The minimum atomic E-state index is -0.454. The van der Waals surface area contributed by atoms with Crippen molar-refractivity contribution < 1.29 is 19.1 Å². The van der Waals surface area contributed by atoms with Crippen LogP contribution in [-0.4, -0.2) is 50.3 Å². The van der Waals surface area contributed by atoms with Gasteiger partial charge in [-0.1, -0.05) is 0 Å². The Balaban J connectivity index is 1.08. The van der Waals surface area contributed by atoms with Gasteiger partial charge in [0, 0.05) is 85.1 Å². The van der Waals surface area contributed by atoms with E-state index in [4.69, 9.17) is 4.74 Å². The zero-order valence-corrected chi connectivity index (χ0v) is 24.9. The summed E-state index contributed by atoms with van der Waals surface area (Å²) in [5.41, 5.74) is 4.65. The highest BCUT2D eigenvalue weighted by molar-refractivity contribution is 6.16. The van der Waals surface area contributed by atoms with E-state index in [1.54, 1.807) is 73.3 Å². The van der Waals surface area contributed by atoms with Crippen molar-refractivity contribution in [3.05, 3.63) is 103 Å². The number of pyridine rings is 3. The molecule has 12 nitrogen and oxygen atoms in total. The largest absolute Gasteiger partial charge is 0.452 e. The summed E-state index contributed by atoms with van der Waals surface area (Å²) >= 11 is 0. The third kappa shape index (κ3) is 5.75. The SMILES string of the molecule is Cn1cc(/C=C2\Oc3ccc(NC(=O)Nc4cccnc4)cc3C2=O)c2c(N3CCC(C(=O)Nc4ccncc4)CC3)ccnc21. The van der Waals surface area contributed by atoms with Gasteiger partial charge in [0.05, 0.1) is 17.4 Å². The minimum Gasteiger partial charge on any atom is -0.452 e. The summed E-state index contributed by atoms with van der Waals surface area (Å²) in [7, 11) is 1.91. The van der Waals surface area contributed by atoms with Crippen LogP contribution in [-0.2, 0) is 11.8 Å². The molecule has 1 fully saturated rings. The summed E-state index contributed by atoms with van der Waals surface area (Å²) in [6.45, 7) is 1.40. The normalized spacial score (nSPS) is 15.5. The predicted octanol–water partition coefficient (Wildman–Crippen LogP) is 5.48. The lowest BCUT2D eigenvalue weighted by atomic mass is 9.95. The molecule has 1 aromatic carbocycles. The lowest BCUT2D eigenvalue weighted by Gasteiger charge is -2.33. The molecule has 3 N–H and O–H groups in total. The van der Waals surface area contributed by atoms with Crippen LogP contribution in [0.15, 0.2) is 91.5 Å². The van der Waals surface area contributed by atoms with Crippen LogP contribution in [0.25, 0.3) is 17.1 Å². The molecule has 12 heteroatoms. The number of benzene rings is 1. The highest BCUT2D eigenvalue weighted by Crippen LogP contribution is 2.37. The van der Waals surface area contributed by atoms with Gasteiger partial charge in [0.2, 0.25) is 11.7 Å². The molecule has 1 saturated heterocycles. The number of urea groups is 1. The van der Waals surface area contributed by atoms with Crippen LogP contribution < -0.4 is 25.6 Å². The molecule has 0 atom stereocenters. The van der Waals surface area contributed by atoms with E-state index in [9.17, 15) is 14.4 Å². The first-order valence-corrected chi connectivity index (χ1v) is 14.9. The maximum absolute atomic E-state index is 13.5. The van der Waals surface area contributed by atoms with Gasteiger partial charge in [0.25, 0.3) is 0 Å². The summed E-state index contributed by atoms with van der Waals surface area (Å²) in [6.07, 6.45) is 13.3. The third-order valence-electron chi connectivity index (χ3n) is 8.15. The van der Waals surface area contributed by atoms with Crippen molar-refractivity contribution in [2.45, 2.75) is 12.8 Å². The van der Waals surface area contributed by atoms with E-state index in [0.29, 0.717) is 48.6 Å². The molecule has 5 aromatic rings. The molecule has 0 bridgehead atoms. The van der Waals surface area contributed by atoms with E-state index >= 15 is 0 Å². The van der Waals surface area contributed by atoms with Gasteiger partial charge >= 0.3 is 6.03 Å². The number of amides is 3. The van der Waals surface area contributed by atoms with Crippen molar-refractivity contribution >= 4 is 57.6 Å². The fourth-order valence-corrected chi connectivity index (χ4v) is 5.89. The number of nitrogens with one attached hydrogen (secondary N) is 3. The van der Waals surface area contributed by atoms with Gasteiger partial charge < -0.3 is 30.2 Å². The zero-order chi connectivity index (χ0) is 31.6. The van der Waals surface area contributed by atoms with Gasteiger partial charge in [-0.15, -0.1) is 0 Å². The molecule has 46 heavy (non-hydrogen) atoms. The smallest absolute Gasteiger partial charge is 0.323 e. The molecule has 7 rings (SSSR count). The van der Waals surface area contributed by atoms with E-state index in [2.05, 4.69) is 35.8 Å². The van der Waals surface area contributed by atoms with Crippen LogP contribution in [0.4, 0.5) is 27.5 Å². The number of ketones is 1. The molecule has 0 aliphatic carbocycles. The Kier molecular flexibility index (Phi) is 7.59. The van der Waals surface area contributed by atoms with Gasteiger partial charge in [-0.3, -0.25) is 19.6 Å². The average Bonchev–Trinajstić information content (AvgIpc) is 3.56. The van der Waals surface area contributed by atoms with E-state index in [-0.39, 0.29) is 23.4 Å². The van der Waals surface area contributed by atoms with E-state index in [1.165, 1.54) is 6.20 Å². The second-order valence-electron chi connectivity index (χ2n) is 11.2. The number of carbonyl (C=O) groups is 3. The Bertz CT molecular complexity index is 1980. The number of ether oxygens (including phenoxy) is 1. The van der Waals surface area contributed by atoms with Gasteiger partial charge in [-0.25, -0.2) is 9.78 Å². The Morgan fingerprint density at radius 2 is 1.72 bits per heavy atom. The molecule has 0 saturated carbocycles. The van der Waals surface area contributed by atoms with Crippen LogP contribution in [0.1, 0.15) is 28.8 Å². The maximum Gasteiger partial charge on any atom is 0.323 e. The number of carbonyl (C=O) groups excluding carboxylic acids is 3. The van der Waals surface area contributed by atoms with E-state index < -0.39 is 6.03 Å². The first kappa shape index (κ1) is 28.7. The number of rotatable bonds is 6. The lowest BCUT2D eigenvalue weighted by Crippen LogP contribution is -2.38. The number of fused-ring (bicyclic) bond motifs is 2. The zero-order valence-electron chi connectivity index (χ0n) is 24.9. The molecule has 230 valence electrons. The van der Waals surface area contributed by atoms with Crippen molar-refractivity contribution in [2.75, 3.05) is 33.9 Å². The number of piperidine rings is 1. The fraction of sp³-hybridized carbons (Fsp3) is 0.176. The molecular weight excluding hydrogens is 584 g/mol. The first-order valence-electron chi connectivity index (χ1n) is 14.9. The van der Waals surface area contributed by atoms with Gasteiger partial charge in [-0.2, -0.15) is 0 Å². The van der Waals surface area contributed by atoms with Crippen molar-refractivity contribution in [3.8, 4) is 5.75 Å². The number of hydrogen-bond acceptors (Lipinski definition) is 8. The van der Waals surface area contributed by atoms with Crippen LogP contribution in [0.3, 0.4) is 0 Å². The lowest BCUT2D eigenvalue weighted by molar-refractivity contribution is -0.120. The van der Waals surface area contributed by atoms with Crippen LogP contribution >= 0.6 is 0 Å². The number of aromatic nitrogens is 4. The Hall–Kier alpha value is -6.04. The van der Waals surface area contributed by atoms with Gasteiger partial charge in [-0.05, 0) is 67.4 Å². The van der Waals surface area contributed by atoms with E-state index in [0.717, 1.165) is 28.0 Å². The molecule has 3 amide bonds. The molecule has 6 heterocycles. The number of anilines is 4. The summed E-state index contributed by atoms with van der Waals surface area (Å²) in [5, 5.41) is 9.35. The molecule has 2 aliphatic heterocycles. The van der Waals surface area contributed by atoms with Crippen LogP contribution in [0, 0.1) is 5.92 Å². The fourth-order valence-electron chi connectivity index (χ4n) is 5.89. The van der Waals surface area contributed by atoms with Crippen molar-refractivity contribution in [3.63, 3.8) is 0 Å². The molecule has 0 unspecified atom stereocenters. The number of aryl methyl sites for hydroxylation is 1. The highest BCUT2D eigenvalue weighted by atomic mass is 16.5. The topological polar surface area (TPSA) is 143 Å². The quantitative estimate of drug-likeness (QED) is 0.214. The van der Waals surface area contributed by atoms with Gasteiger partial charge in [0.15, 0.2) is 5.76 Å². The second kappa shape index (κ2) is 12.2. The standard InChI is InChI=1S/C34H30N8O4/c1-41-20-22(17-29-31(43)26-18-24(4-5-28(26)46-29)39-34(45)40-25-3-2-11-36-19-25)30-27(8-14-37-32(30)41)42-15-9-21(10-16-42)33(44)38-23-6-12-35-13-7-23/h2-8,11-14,17-21H,9-10,15-16H2,1H3,(H,35,38,44)(H2,39,40,45)/b29-17-. The first-order chi connectivity index (χ1) is 22.4. The molecule has 0 radical (unpaired) electrons. The Morgan fingerprint density at radius 1 is 0.913 bits per heavy atom. The van der Waals surface area contributed by atoms with Crippen LogP contribution in [0.5, 0.6) is 5.75 Å². The monoisotopic (exact) mass is 614 g/mol. The summed E-state index contributed by atoms with van der Waals surface area (Å²) < 4.78 is 7.92. The Morgan fingerprint density at radius 3 is 2.50 bits per heavy atom.